The van der Waals surface area contributed by atoms with Gasteiger partial charge in [-0.3, -0.25) is 0 Å². The van der Waals surface area contributed by atoms with Gasteiger partial charge in [-0.05, 0) is 49.3 Å². The van der Waals surface area contributed by atoms with Gasteiger partial charge in [0.25, 0.3) is 0 Å². The number of methoxy groups -OCH3 is 1. The molecule has 1 aliphatic heterocycles. The second kappa shape index (κ2) is 11.2. The van der Waals surface area contributed by atoms with Crippen molar-refractivity contribution in [2.45, 2.75) is 53.0 Å². The van der Waals surface area contributed by atoms with Crippen LogP contribution < -0.4 is 10.1 Å². The Labute approximate surface area is 186 Å². The monoisotopic (exact) mass is 426 g/mol. The van der Waals surface area contributed by atoms with Crippen LogP contribution in [0.25, 0.3) is 0 Å². The van der Waals surface area contributed by atoms with Crippen LogP contribution in [0.2, 0.25) is 0 Å². The first kappa shape index (κ1) is 23.1. The van der Waals surface area contributed by atoms with Crippen LogP contribution in [-0.2, 0) is 20.0 Å². The Morgan fingerprint density at radius 1 is 1.23 bits per heavy atom. The lowest BCUT2D eigenvalue weighted by atomic mass is 9.87. The van der Waals surface area contributed by atoms with Gasteiger partial charge in [0.1, 0.15) is 18.1 Å². The number of ether oxygens (including phenoxy) is 1. The molecule has 0 bridgehead atoms. The van der Waals surface area contributed by atoms with Gasteiger partial charge in [-0.25, -0.2) is 4.99 Å². The molecule has 1 aliphatic rings. The van der Waals surface area contributed by atoms with Gasteiger partial charge in [0.2, 0.25) is 0 Å². The molecular weight excluding hydrogens is 388 g/mol. The first-order valence-corrected chi connectivity index (χ1v) is 11.6. The Kier molecular flexibility index (Phi) is 8.32. The molecule has 1 N–H and O–H groups in total. The predicted molar refractivity (Wildman–Crippen MR) is 125 cm³/mol. The van der Waals surface area contributed by atoms with Gasteiger partial charge in [-0.15, -0.1) is 10.2 Å². The zero-order valence-corrected chi connectivity index (χ0v) is 19.8. The largest absolute Gasteiger partial charge is 0.497 e. The number of aliphatic imine (C=N–C) groups is 1. The third kappa shape index (κ3) is 5.99. The van der Waals surface area contributed by atoms with Crippen LogP contribution in [0, 0.1) is 18.8 Å². The molecule has 0 spiro atoms. The first-order chi connectivity index (χ1) is 15.0. The summed E-state index contributed by atoms with van der Waals surface area (Å²) in [6.45, 7) is 10.1. The fraction of sp³-hybridized carbons (Fsp3) is 0.625. The Morgan fingerprint density at radius 2 is 1.97 bits per heavy atom. The molecule has 2 aromatic rings. The van der Waals surface area contributed by atoms with Crippen molar-refractivity contribution < 1.29 is 4.74 Å². The summed E-state index contributed by atoms with van der Waals surface area (Å²) in [7, 11) is 3.69. The van der Waals surface area contributed by atoms with E-state index in [9.17, 15) is 0 Å². The van der Waals surface area contributed by atoms with Gasteiger partial charge < -0.3 is 19.5 Å². The van der Waals surface area contributed by atoms with Crippen molar-refractivity contribution in [2.24, 2.45) is 23.9 Å². The highest BCUT2D eigenvalue weighted by molar-refractivity contribution is 5.80. The molecule has 1 saturated heterocycles. The molecular formula is C24H38N6O. The maximum atomic E-state index is 5.26. The zero-order chi connectivity index (χ0) is 22.2. The number of aryl methyl sites for hydroxylation is 1. The lowest BCUT2D eigenvalue weighted by molar-refractivity contribution is 0.319. The second-order valence-electron chi connectivity index (χ2n) is 8.46. The maximum absolute atomic E-state index is 5.26. The van der Waals surface area contributed by atoms with E-state index in [1.165, 1.54) is 24.8 Å². The summed E-state index contributed by atoms with van der Waals surface area (Å²) in [5.74, 6) is 5.23. The van der Waals surface area contributed by atoms with Crippen LogP contribution in [0.3, 0.4) is 0 Å². The fourth-order valence-electron chi connectivity index (χ4n) is 4.43. The topological polar surface area (TPSA) is 67.6 Å². The molecule has 7 nitrogen and oxygen atoms in total. The van der Waals surface area contributed by atoms with E-state index in [2.05, 4.69) is 46.4 Å². The summed E-state index contributed by atoms with van der Waals surface area (Å²) >= 11 is 0. The molecule has 1 atom stereocenters. The van der Waals surface area contributed by atoms with Crippen LogP contribution in [0.15, 0.2) is 29.3 Å². The fourth-order valence-corrected chi connectivity index (χ4v) is 4.43. The summed E-state index contributed by atoms with van der Waals surface area (Å²) in [4.78, 5) is 7.37. The van der Waals surface area contributed by atoms with Gasteiger partial charge in [-0.2, -0.15) is 0 Å². The van der Waals surface area contributed by atoms with E-state index in [0.717, 1.165) is 61.2 Å². The van der Waals surface area contributed by atoms with E-state index in [-0.39, 0.29) is 0 Å². The molecule has 1 aromatic carbocycles. The Balaban J connectivity index is 1.66. The molecule has 0 radical (unpaired) electrons. The Bertz CT molecular complexity index is 840. The molecule has 2 heterocycles. The maximum Gasteiger partial charge on any atom is 0.194 e. The number of aromatic nitrogens is 3. The SMILES string of the molecule is CCC(CC)C1CCN(C(=NCc2nnc(C)n2C)NCCc2ccc(OC)cc2)C1. The quantitative estimate of drug-likeness (QED) is 0.490. The number of nitrogens with zero attached hydrogens (tertiary/aromatic N) is 5. The van der Waals surface area contributed by atoms with Crippen molar-refractivity contribution in [3.63, 3.8) is 0 Å². The van der Waals surface area contributed by atoms with Crippen LogP contribution in [0.5, 0.6) is 5.75 Å². The number of nitrogens with one attached hydrogen (secondary N) is 1. The van der Waals surface area contributed by atoms with Gasteiger partial charge in [-0.1, -0.05) is 38.8 Å². The number of benzene rings is 1. The molecule has 31 heavy (non-hydrogen) atoms. The lowest BCUT2D eigenvalue weighted by Crippen LogP contribution is -2.41. The van der Waals surface area contributed by atoms with E-state index >= 15 is 0 Å². The normalized spacial score (nSPS) is 16.9. The van der Waals surface area contributed by atoms with E-state index in [1.807, 2.05) is 30.7 Å². The number of likely N-dealkylation sites (tertiary alicyclic amines) is 1. The van der Waals surface area contributed by atoms with Crippen molar-refractivity contribution in [1.82, 2.24) is 25.0 Å². The molecule has 170 valence electrons. The average molecular weight is 427 g/mol. The second-order valence-corrected chi connectivity index (χ2v) is 8.46. The molecule has 0 amide bonds. The summed E-state index contributed by atoms with van der Waals surface area (Å²) < 4.78 is 7.27. The summed E-state index contributed by atoms with van der Waals surface area (Å²) in [5.41, 5.74) is 1.29. The lowest BCUT2D eigenvalue weighted by Gasteiger charge is -2.24. The molecule has 1 aromatic heterocycles. The first-order valence-electron chi connectivity index (χ1n) is 11.6. The summed E-state index contributed by atoms with van der Waals surface area (Å²) in [5, 5.41) is 12.1. The van der Waals surface area contributed by atoms with Crippen molar-refractivity contribution in [3.8, 4) is 5.75 Å². The van der Waals surface area contributed by atoms with E-state index in [4.69, 9.17) is 9.73 Å². The summed E-state index contributed by atoms with van der Waals surface area (Å²) in [6.07, 6.45) is 4.69. The van der Waals surface area contributed by atoms with E-state index in [0.29, 0.717) is 6.54 Å². The molecule has 3 rings (SSSR count). The molecule has 0 aliphatic carbocycles. The van der Waals surface area contributed by atoms with Gasteiger partial charge >= 0.3 is 0 Å². The number of guanidine groups is 1. The van der Waals surface area contributed by atoms with Crippen LogP contribution in [0.4, 0.5) is 0 Å². The highest BCUT2D eigenvalue weighted by Crippen LogP contribution is 2.28. The highest BCUT2D eigenvalue weighted by Gasteiger charge is 2.29. The molecule has 1 fully saturated rings. The number of rotatable bonds is 9. The molecule has 1 unspecified atom stereocenters. The van der Waals surface area contributed by atoms with Crippen molar-refractivity contribution >= 4 is 5.96 Å². The Hall–Kier alpha value is -2.57. The van der Waals surface area contributed by atoms with Gasteiger partial charge in [0.05, 0.1) is 7.11 Å². The Morgan fingerprint density at radius 3 is 2.58 bits per heavy atom. The minimum absolute atomic E-state index is 0.536. The van der Waals surface area contributed by atoms with Crippen molar-refractivity contribution in [3.05, 3.63) is 41.5 Å². The van der Waals surface area contributed by atoms with Crippen molar-refractivity contribution in [2.75, 3.05) is 26.7 Å². The highest BCUT2D eigenvalue weighted by atomic mass is 16.5. The third-order valence-electron chi connectivity index (χ3n) is 6.65. The van der Waals surface area contributed by atoms with Gasteiger partial charge in [0, 0.05) is 26.7 Å². The smallest absolute Gasteiger partial charge is 0.194 e. The number of hydrogen-bond donors (Lipinski definition) is 1. The average Bonchev–Trinajstić information content (AvgIpc) is 3.40. The molecule has 0 saturated carbocycles. The van der Waals surface area contributed by atoms with Gasteiger partial charge in [0.15, 0.2) is 11.8 Å². The standard InChI is InChI=1S/C24H38N6O/c1-6-20(7-2)21-13-15-30(17-21)24(26-16-23-28-27-18(3)29(23)4)25-14-12-19-8-10-22(31-5)11-9-19/h8-11,20-21H,6-7,12-17H2,1-5H3,(H,25,26). The minimum Gasteiger partial charge on any atom is -0.497 e. The number of hydrogen-bond acceptors (Lipinski definition) is 4. The van der Waals surface area contributed by atoms with Crippen LogP contribution >= 0.6 is 0 Å². The summed E-state index contributed by atoms with van der Waals surface area (Å²) in [6, 6.07) is 8.28. The predicted octanol–water partition coefficient (Wildman–Crippen LogP) is 3.58. The zero-order valence-electron chi connectivity index (χ0n) is 19.8. The minimum atomic E-state index is 0.536. The van der Waals surface area contributed by atoms with E-state index < -0.39 is 0 Å². The van der Waals surface area contributed by atoms with Crippen LogP contribution in [-0.4, -0.2) is 52.4 Å². The van der Waals surface area contributed by atoms with Crippen molar-refractivity contribution in [1.29, 1.82) is 0 Å². The van der Waals surface area contributed by atoms with Crippen LogP contribution in [0.1, 0.15) is 50.3 Å². The van der Waals surface area contributed by atoms with E-state index in [1.54, 1.807) is 7.11 Å². The molecule has 7 heteroatoms. The third-order valence-corrected chi connectivity index (χ3v) is 6.65.